The fraction of sp³-hybridized carbons (Fsp3) is 0.606. The van der Waals surface area contributed by atoms with Crippen molar-refractivity contribution < 1.29 is 34.1 Å². The predicted octanol–water partition coefficient (Wildman–Crippen LogP) is 4.16. The van der Waals surface area contributed by atoms with Gasteiger partial charge in [0.05, 0.1) is 12.5 Å². The highest BCUT2D eigenvalue weighted by Crippen LogP contribution is 2.59. The number of esters is 2. The summed E-state index contributed by atoms with van der Waals surface area (Å²) in [6.07, 6.45) is -2.90. The molecule has 1 aromatic rings. The van der Waals surface area contributed by atoms with E-state index in [0.29, 0.717) is 29.6 Å². The van der Waals surface area contributed by atoms with E-state index in [0.717, 1.165) is 5.56 Å². The number of hydrogen-bond acceptors (Lipinski definition) is 8. The van der Waals surface area contributed by atoms with E-state index in [2.05, 4.69) is 6.58 Å². The minimum absolute atomic E-state index is 0.123. The van der Waals surface area contributed by atoms with Gasteiger partial charge in [-0.2, -0.15) is 0 Å². The van der Waals surface area contributed by atoms with E-state index in [1.807, 2.05) is 70.1 Å². The molecule has 0 unspecified atom stereocenters. The summed E-state index contributed by atoms with van der Waals surface area (Å²) in [6.45, 7) is 13.0. The lowest BCUT2D eigenvalue weighted by atomic mass is 9.49. The summed E-state index contributed by atoms with van der Waals surface area (Å²) in [7, 11) is 3.83. The van der Waals surface area contributed by atoms with Gasteiger partial charge in [-0.15, -0.1) is 0 Å². The van der Waals surface area contributed by atoms with E-state index in [4.69, 9.17) is 9.47 Å². The van der Waals surface area contributed by atoms with Gasteiger partial charge in [0.2, 0.25) is 0 Å². The topological polar surface area (TPSA) is 113 Å². The summed E-state index contributed by atoms with van der Waals surface area (Å²) < 4.78 is 11.8. The Balaban J connectivity index is 1.67. The SMILES string of the molecule is C=C1[C@@H](OC(=O)C[C@H](c2ccccc2)N(C)C)CC[C@@]2(C)[C@@H](O)[C@H](OC(C)=O)C3=C(C)C(=O)C[C@@H]([C@@H](O)[C@H]12)C3(C)C. The number of allylic oxidation sites excluding steroid dienone is 1. The van der Waals surface area contributed by atoms with Crippen molar-refractivity contribution in [1.82, 2.24) is 4.90 Å². The van der Waals surface area contributed by atoms with E-state index in [1.165, 1.54) is 6.92 Å². The largest absolute Gasteiger partial charge is 0.458 e. The number of nitrogens with zero attached hydrogens (tertiary/aromatic N) is 1. The molecule has 0 spiro atoms. The van der Waals surface area contributed by atoms with Crippen LogP contribution in [0.1, 0.15) is 71.9 Å². The first kappa shape index (κ1) is 31.1. The lowest BCUT2D eigenvalue weighted by Crippen LogP contribution is -2.62. The van der Waals surface area contributed by atoms with Gasteiger partial charge >= 0.3 is 11.9 Å². The monoisotopic (exact) mass is 567 g/mol. The fourth-order valence-electron chi connectivity index (χ4n) is 7.73. The average molecular weight is 568 g/mol. The van der Waals surface area contributed by atoms with Crippen LogP contribution in [0.4, 0.5) is 0 Å². The van der Waals surface area contributed by atoms with Crippen LogP contribution in [-0.2, 0) is 23.9 Å². The van der Waals surface area contributed by atoms with Crippen LogP contribution in [0, 0.1) is 22.7 Å². The minimum Gasteiger partial charge on any atom is -0.458 e. The van der Waals surface area contributed by atoms with Crippen LogP contribution in [-0.4, -0.2) is 71.3 Å². The van der Waals surface area contributed by atoms with Crippen molar-refractivity contribution in [1.29, 1.82) is 0 Å². The van der Waals surface area contributed by atoms with E-state index in [-0.39, 0.29) is 30.6 Å². The number of Topliss-reactive ketones (excluding diaryl/α,β-unsaturated/α-hetero) is 1. The molecule has 41 heavy (non-hydrogen) atoms. The summed E-state index contributed by atoms with van der Waals surface area (Å²) in [5.74, 6) is -2.29. The molecular weight excluding hydrogens is 522 g/mol. The predicted molar refractivity (Wildman–Crippen MR) is 155 cm³/mol. The molecule has 0 radical (unpaired) electrons. The molecule has 2 N–H and O–H groups in total. The Morgan fingerprint density at radius 2 is 1.76 bits per heavy atom. The number of carbonyl (C=O) groups excluding carboxylic acids is 3. The van der Waals surface area contributed by atoms with Crippen molar-refractivity contribution in [3.05, 3.63) is 59.2 Å². The fourth-order valence-corrected chi connectivity index (χ4v) is 7.73. The van der Waals surface area contributed by atoms with Crippen molar-refractivity contribution in [2.45, 2.75) is 90.8 Å². The van der Waals surface area contributed by atoms with Gasteiger partial charge in [-0.3, -0.25) is 14.4 Å². The van der Waals surface area contributed by atoms with Crippen LogP contribution >= 0.6 is 0 Å². The quantitative estimate of drug-likeness (QED) is 0.389. The van der Waals surface area contributed by atoms with Crippen LogP contribution in [0.3, 0.4) is 0 Å². The van der Waals surface area contributed by atoms with Crippen LogP contribution < -0.4 is 0 Å². The molecule has 0 aliphatic heterocycles. The van der Waals surface area contributed by atoms with Gasteiger partial charge in [0.25, 0.3) is 0 Å². The third kappa shape index (κ3) is 5.54. The molecule has 0 amide bonds. The van der Waals surface area contributed by atoms with E-state index in [1.54, 1.807) is 6.92 Å². The Hall–Kier alpha value is -2.81. The van der Waals surface area contributed by atoms with Gasteiger partial charge in [-0.05, 0) is 61.6 Å². The third-order valence-electron chi connectivity index (χ3n) is 10.1. The number of carbonyl (C=O) groups is 3. The van der Waals surface area contributed by atoms with Crippen molar-refractivity contribution >= 4 is 17.7 Å². The molecular formula is C33H45NO7. The van der Waals surface area contributed by atoms with Crippen LogP contribution in [0.15, 0.2) is 53.6 Å². The summed E-state index contributed by atoms with van der Waals surface area (Å²) >= 11 is 0. The molecule has 3 aliphatic rings. The Labute approximate surface area is 243 Å². The highest BCUT2D eigenvalue weighted by atomic mass is 16.6. The molecule has 0 aromatic heterocycles. The highest BCUT2D eigenvalue weighted by molar-refractivity contribution is 5.97. The van der Waals surface area contributed by atoms with E-state index < -0.39 is 53.1 Å². The number of ketones is 1. The number of benzene rings is 1. The lowest BCUT2D eigenvalue weighted by molar-refractivity contribution is -0.180. The molecule has 4 rings (SSSR count). The molecule has 0 heterocycles. The molecule has 2 fully saturated rings. The van der Waals surface area contributed by atoms with Gasteiger partial charge in [0.1, 0.15) is 12.2 Å². The van der Waals surface area contributed by atoms with Gasteiger partial charge in [-0.1, -0.05) is 57.7 Å². The molecule has 0 saturated heterocycles. The smallest absolute Gasteiger partial charge is 0.308 e. The summed E-state index contributed by atoms with van der Waals surface area (Å²) in [4.78, 5) is 40.7. The Morgan fingerprint density at radius 3 is 2.34 bits per heavy atom. The normalized spacial score (nSPS) is 33.9. The molecule has 224 valence electrons. The number of ether oxygens (including phenoxy) is 2. The molecule has 3 aliphatic carbocycles. The zero-order chi connectivity index (χ0) is 30.4. The second-order valence-electron chi connectivity index (χ2n) is 13.1. The van der Waals surface area contributed by atoms with Gasteiger partial charge < -0.3 is 24.6 Å². The number of hydrogen-bond donors (Lipinski definition) is 2. The average Bonchev–Trinajstić information content (AvgIpc) is 2.89. The summed E-state index contributed by atoms with van der Waals surface area (Å²) in [5, 5.41) is 23.9. The van der Waals surface area contributed by atoms with E-state index >= 15 is 0 Å². The maximum absolute atomic E-state index is 13.3. The van der Waals surface area contributed by atoms with Crippen LogP contribution in [0.5, 0.6) is 0 Å². The van der Waals surface area contributed by atoms with Crippen LogP contribution in [0.2, 0.25) is 0 Å². The van der Waals surface area contributed by atoms with Crippen molar-refractivity contribution in [2.75, 3.05) is 14.1 Å². The second-order valence-corrected chi connectivity index (χ2v) is 13.1. The summed E-state index contributed by atoms with van der Waals surface area (Å²) in [6, 6.07) is 9.58. The Bertz CT molecular complexity index is 1240. The third-order valence-corrected chi connectivity index (χ3v) is 10.1. The zero-order valence-electron chi connectivity index (χ0n) is 25.3. The lowest BCUT2D eigenvalue weighted by Gasteiger charge is -2.58. The van der Waals surface area contributed by atoms with Gasteiger partial charge in [0.15, 0.2) is 11.9 Å². The molecule has 8 atom stereocenters. The number of fused-ring (bicyclic) bond motifs is 3. The molecule has 1 aromatic carbocycles. The zero-order valence-corrected chi connectivity index (χ0v) is 25.3. The minimum atomic E-state index is -1.22. The molecule has 8 nitrogen and oxygen atoms in total. The van der Waals surface area contributed by atoms with Crippen molar-refractivity contribution in [3.63, 3.8) is 0 Å². The maximum atomic E-state index is 13.3. The van der Waals surface area contributed by atoms with Crippen LogP contribution in [0.25, 0.3) is 0 Å². The second kappa shape index (κ2) is 11.5. The van der Waals surface area contributed by atoms with Crippen molar-refractivity contribution in [2.24, 2.45) is 22.7 Å². The van der Waals surface area contributed by atoms with Gasteiger partial charge in [0, 0.05) is 36.6 Å². The summed E-state index contributed by atoms with van der Waals surface area (Å²) in [5.41, 5.74) is 0.854. The Kier molecular flexibility index (Phi) is 8.70. The molecule has 2 saturated carbocycles. The van der Waals surface area contributed by atoms with E-state index in [9.17, 15) is 24.6 Å². The molecule has 2 bridgehead atoms. The highest BCUT2D eigenvalue weighted by Gasteiger charge is 2.61. The first-order valence-corrected chi connectivity index (χ1v) is 14.5. The Morgan fingerprint density at radius 1 is 1.12 bits per heavy atom. The molecule has 8 heteroatoms. The number of rotatable bonds is 6. The first-order valence-electron chi connectivity index (χ1n) is 14.5. The first-order chi connectivity index (χ1) is 19.1. The number of aliphatic hydroxyl groups excluding tert-OH is 2. The van der Waals surface area contributed by atoms with Crippen molar-refractivity contribution in [3.8, 4) is 0 Å². The standard InChI is InChI=1S/C33H45NO7/c1-18-24(36)16-22-29(38)27-19(2)25(41-26(37)17-23(34(7)8)21-12-10-9-11-13-21)14-15-33(27,6)31(39)30(40-20(3)35)28(18)32(22,4)5/h9-13,22-23,25,27,29-31,38-39H,2,14-17H2,1,3-8H3/t22-,23+,25-,27-,29+,30+,31-,33+/m0/s1. The number of aliphatic hydroxyl groups is 2. The van der Waals surface area contributed by atoms with Gasteiger partial charge in [-0.25, -0.2) is 0 Å². The maximum Gasteiger partial charge on any atom is 0.308 e.